The van der Waals surface area contributed by atoms with E-state index >= 15 is 0 Å². The summed E-state index contributed by atoms with van der Waals surface area (Å²) in [6, 6.07) is 6.68. The van der Waals surface area contributed by atoms with E-state index in [1.54, 1.807) is 0 Å². The number of carbonyl (C=O) groups is 1. The number of hydrogen-bond donors (Lipinski definition) is 4. The molecule has 1 aliphatic rings. The van der Waals surface area contributed by atoms with Gasteiger partial charge in [0.1, 0.15) is 6.04 Å². The monoisotopic (exact) mass is 231 g/mol. The molecule has 1 aliphatic carbocycles. The van der Waals surface area contributed by atoms with Crippen LogP contribution in [0.2, 0.25) is 0 Å². The van der Waals surface area contributed by atoms with Gasteiger partial charge in [0, 0.05) is 5.92 Å². The fourth-order valence-corrected chi connectivity index (χ4v) is 2.04. The molecule has 2 atom stereocenters. The van der Waals surface area contributed by atoms with Crippen molar-refractivity contribution in [2.45, 2.75) is 12.0 Å². The lowest BCUT2D eigenvalue weighted by molar-refractivity contribution is -0.139. The van der Waals surface area contributed by atoms with Gasteiger partial charge in [0.15, 0.2) is 5.96 Å². The highest BCUT2D eigenvalue weighted by Gasteiger charge is 2.31. The Bertz CT molecular complexity index is 496. The van der Waals surface area contributed by atoms with Crippen molar-refractivity contribution in [3.05, 3.63) is 41.5 Å². The highest BCUT2D eigenvalue weighted by Crippen LogP contribution is 2.32. The number of fused-ring (bicyclic) bond motifs is 1. The van der Waals surface area contributed by atoms with Gasteiger partial charge in [-0.2, -0.15) is 0 Å². The third-order valence-electron chi connectivity index (χ3n) is 2.77. The Labute approximate surface area is 98.5 Å². The van der Waals surface area contributed by atoms with E-state index in [1.165, 1.54) is 0 Å². The molecule has 1 aromatic rings. The minimum absolute atomic E-state index is 0.299. The third-order valence-corrected chi connectivity index (χ3v) is 2.77. The van der Waals surface area contributed by atoms with Crippen LogP contribution in [0.3, 0.4) is 0 Å². The Balaban J connectivity index is 2.31. The number of benzene rings is 1. The van der Waals surface area contributed by atoms with Crippen LogP contribution in [-0.4, -0.2) is 23.1 Å². The summed E-state index contributed by atoms with van der Waals surface area (Å²) in [5.74, 6) is -1.66. The Morgan fingerprint density at radius 3 is 2.82 bits per heavy atom. The maximum absolute atomic E-state index is 11.2. The van der Waals surface area contributed by atoms with Crippen LogP contribution in [0.1, 0.15) is 17.0 Å². The molecule has 5 N–H and O–H groups in total. The Morgan fingerprint density at radius 1 is 1.47 bits per heavy atom. The number of aliphatic carboxylic acids is 1. The highest BCUT2D eigenvalue weighted by atomic mass is 16.4. The van der Waals surface area contributed by atoms with Crippen molar-refractivity contribution in [1.82, 2.24) is 5.32 Å². The Kier molecular flexibility index (Phi) is 2.82. The average molecular weight is 231 g/mol. The van der Waals surface area contributed by atoms with Gasteiger partial charge in [-0.15, -0.1) is 0 Å². The Morgan fingerprint density at radius 2 is 2.18 bits per heavy atom. The molecule has 0 heterocycles. The van der Waals surface area contributed by atoms with Crippen LogP contribution in [0, 0.1) is 5.41 Å². The first-order valence-electron chi connectivity index (χ1n) is 5.20. The zero-order valence-corrected chi connectivity index (χ0v) is 9.05. The number of nitrogens with one attached hydrogen (secondary N) is 2. The van der Waals surface area contributed by atoms with Crippen LogP contribution in [0.5, 0.6) is 0 Å². The standard InChI is InChI=1S/C12H13N3O2/c13-12(14)15-10(11(16)17)9-6-5-7-3-1-2-4-8(7)9/h1-6,9-10H,(H,16,17)(H4,13,14,15). The SMILES string of the molecule is N=C(N)NC(C(=O)O)C1C=Cc2ccccc21. The first-order valence-corrected chi connectivity index (χ1v) is 5.20. The molecule has 88 valence electrons. The lowest BCUT2D eigenvalue weighted by atomic mass is 9.93. The molecule has 1 aromatic carbocycles. The first kappa shape index (κ1) is 11.2. The second kappa shape index (κ2) is 4.29. The molecule has 0 saturated heterocycles. The Hall–Kier alpha value is -2.30. The smallest absolute Gasteiger partial charge is 0.327 e. The summed E-state index contributed by atoms with van der Waals surface area (Å²) in [7, 11) is 0. The summed E-state index contributed by atoms with van der Waals surface area (Å²) in [5.41, 5.74) is 7.15. The molecule has 0 aliphatic heterocycles. The second-order valence-electron chi connectivity index (χ2n) is 3.89. The molecule has 0 spiro atoms. The van der Waals surface area contributed by atoms with Gasteiger partial charge >= 0.3 is 5.97 Å². The van der Waals surface area contributed by atoms with Gasteiger partial charge in [-0.1, -0.05) is 36.4 Å². The maximum Gasteiger partial charge on any atom is 0.327 e. The highest BCUT2D eigenvalue weighted by molar-refractivity contribution is 5.85. The fourth-order valence-electron chi connectivity index (χ4n) is 2.04. The largest absolute Gasteiger partial charge is 0.480 e. The molecule has 5 nitrogen and oxygen atoms in total. The van der Waals surface area contributed by atoms with Crippen molar-refractivity contribution in [3.63, 3.8) is 0 Å². The van der Waals surface area contributed by atoms with Crippen LogP contribution in [0.15, 0.2) is 30.3 Å². The number of rotatable bonds is 3. The summed E-state index contributed by atoms with van der Waals surface area (Å²) in [6.45, 7) is 0. The quantitative estimate of drug-likeness (QED) is 0.455. The van der Waals surface area contributed by atoms with Gasteiger partial charge in [0.2, 0.25) is 0 Å². The van der Waals surface area contributed by atoms with Crippen molar-refractivity contribution in [3.8, 4) is 0 Å². The van der Waals surface area contributed by atoms with Crippen molar-refractivity contribution in [1.29, 1.82) is 5.41 Å². The summed E-state index contributed by atoms with van der Waals surface area (Å²) in [4.78, 5) is 11.2. The zero-order valence-electron chi connectivity index (χ0n) is 9.05. The van der Waals surface area contributed by atoms with E-state index in [2.05, 4.69) is 5.32 Å². The molecule has 0 amide bonds. The lowest BCUT2D eigenvalue weighted by Crippen LogP contribution is -2.46. The van der Waals surface area contributed by atoms with Gasteiger partial charge in [0.25, 0.3) is 0 Å². The van der Waals surface area contributed by atoms with Gasteiger partial charge in [0.05, 0.1) is 0 Å². The molecule has 17 heavy (non-hydrogen) atoms. The molecule has 0 fully saturated rings. The summed E-state index contributed by atoms with van der Waals surface area (Å²) < 4.78 is 0. The summed E-state index contributed by atoms with van der Waals surface area (Å²) in [6.07, 6.45) is 3.71. The van der Waals surface area contributed by atoms with Gasteiger partial charge in [-0.25, -0.2) is 4.79 Å². The minimum Gasteiger partial charge on any atom is -0.480 e. The number of carboxylic acid groups (broad SMARTS) is 1. The predicted octanol–water partition coefficient (Wildman–Crippen LogP) is 0.733. The van der Waals surface area contributed by atoms with Crippen LogP contribution >= 0.6 is 0 Å². The fraction of sp³-hybridized carbons (Fsp3) is 0.167. The number of hydrogen-bond acceptors (Lipinski definition) is 2. The number of carboxylic acids is 1. The third kappa shape index (κ3) is 2.13. The van der Waals surface area contributed by atoms with Crippen molar-refractivity contribution in [2.24, 2.45) is 5.73 Å². The molecule has 2 rings (SSSR count). The molecule has 5 heteroatoms. The average Bonchev–Trinajstić information content (AvgIpc) is 2.69. The molecular formula is C12H13N3O2. The van der Waals surface area contributed by atoms with Crippen molar-refractivity contribution in [2.75, 3.05) is 0 Å². The van der Waals surface area contributed by atoms with Crippen LogP contribution < -0.4 is 11.1 Å². The summed E-state index contributed by atoms with van der Waals surface area (Å²) >= 11 is 0. The summed E-state index contributed by atoms with van der Waals surface area (Å²) in [5, 5.41) is 18.8. The van der Waals surface area contributed by atoms with Crippen LogP contribution in [0.4, 0.5) is 0 Å². The first-order chi connectivity index (χ1) is 8.09. The van der Waals surface area contributed by atoms with Crippen molar-refractivity contribution >= 4 is 18.0 Å². The molecule has 2 unspecified atom stereocenters. The lowest BCUT2D eigenvalue weighted by Gasteiger charge is -2.20. The number of guanidine groups is 1. The zero-order chi connectivity index (χ0) is 12.4. The topological polar surface area (TPSA) is 99.2 Å². The van der Waals surface area contributed by atoms with Crippen LogP contribution in [-0.2, 0) is 4.79 Å². The van der Waals surface area contributed by atoms with E-state index in [1.807, 2.05) is 36.4 Å². The normalized spacial score (nSPS) is 18.5. The van der Waals surface area contributed by atoms with E-state index < -0.39 is 12.0 Å². The minimum atomic E-state index is -1.02. The van der Waals surface area contributed by atoms with Crippen molar-refractivity contribution < 1.29 is 9.90 Å². The molecule has 0 radical (unpaired) electrons. The maximum atomic E-state index is 11.2. The van der Waals surface area contributed by atoms with E-state index in [4.69, 9.17) is 16.2 Å². The molecular weight excluding hydrogens is 218 g/mol. The molecule has 0 bridgehead atoms. The molecule has 0 aromatic heterocycles. The van der Waals surface area contributed by atoms with E-state index in [9.17, 15) is 4.79 Å². The second-order valence-corrected chi connectivity index (χ2v) is 3.89. The number of nitrogens with two attached hydrogens (primary N) is 1. The van der Waals surface area contributed by atoms with E-state index in [0.29, 0.717) is 0 Å². The van der Waals surface area contributed by atoms with Gasteiger partial charge in [-0.3, -0.25) is 5.41 Å². The van der Waals surface area contributed by atoms with Crippen LogP contribution in [0.25, 0.3) is 6.08 Å². The van der Waals surface area contributed by atoms with E-state index in [-0.39, 0.29) is 11.9 Å². The predicted molar refractivity (Wildman–Crippen MR) is 64.7 cm³/mol. The van der Waals surface area contributed by atoms with E-state index in [0.717, 1.165) is 11.1 Å². The van der Waals surface area contributed by atoms with Gasteiger partial charge < -0.3 is 16.2 Å². The van der Waals surface area contributed by atoms with Gasteiger partial charge in [-0.05, 0) is 11.1 Å². The molecule has 0 saturated carbocycles.